The summed E-state index contributed by atoms with van der Waals surface area (Å²) in [6.45, 7) is 3.04. The number of aromatic nitrogens is 3. The molecule has 1 saturated heterocycles. The van der Waals surface area contributed by atoms with Crippen molar-refractivity contribution in [3.05, 3.63) is 42.5 Å². The first-order chi connectivity index (χ1) is 11.2. The molecule has 1 aliphatic heterocycles. The molecule has 2 aromatic rings. The van der Waals surface area contributed by atoms with Crippen molar-refractivity contribution in [1.82, 2.24) is 25.4 Å². The minimum atomic E-state index is -0.226. The fourth-order valence-corrected chi connectivity index (χ4v) is 2.69. The van der Waals surface area contributed by atoms with Crippen molar-refractivity contribution < 1.29 is 9.53 Å². The Labute approximate surface area is 135 Å². The first kappa shape index (κ1) is 15.5. The summed E-state index contributed by atoms with van der Waals surface area (Å²) >= 11 is 0. The van der Waals surface area contributed by atoms with Gasteiger partial charge in [-0.05, 0) is 31.9 Å². The number of hydrogen-bond donors (Lipinski definition) is 2. The van der Waals surface area contributed by atoms with Gasteiger partial charge in [-0.3, -0.25) is 4.57 Å². The summed E-state index contributed by atoms with van der Waals surface area (Å²) in [5.41, 5.74) is 0.961. The van der Waals surface area contributed by atoms with E-state index in [-0.39, 0.29) is 18.2 Å². The second-order valence-electron chi connectivity index (χ2n) is 5.62. The highest BCUT2D eigenvalue weighted by Gasteiger charge is 2.23. The molecule has 0 saturated carbocycles. The molecule has 1 fully saturated rings. The molecule has 2 N–H and O–H groups in total. The molecule has 0 unspecified atom stereocenters. The quantitative estimate of drug-likeness (QED) is 0.879. The van der Waals surface area contributed by atoms with Gasteiger partial charge in [0.2, 0.25) is 0 Å². The lowest BCUT2D eigenvalue weighted by Gasteiger charge is -2.20. The van der Waals surface area contributed by atoms with Crippen molar-refractivity contribution in [3.8, 4) is 5.69 Å². The van der Waals surface area contributed by atoms with Gasteiger partial charge < -0.3 is 15.4 Å². The summed E-state index contributed by atoms with van der Waals surface area (Å²) in [6.07, 6.45) is 3.79. The molecule has 0 spiro atoms. The van der Waals surface area contributed by atoms with Crippen molar-refractivity contribution in [1.29, 1.82) is 0 Å². The van der Waals surface area contributed by atoms with Crippen LogP contribution in [0.3, 0.4) is 0 Å². The first-order valence-corrected chi connectivity index (χ1v) is 7.84. The maximum absolute atomic E-state index is 12.0. The number of carbonyl (C=O) groups is 1. The molecule has 1 aromatic heterocycles. The fourth-order valence-electron chi connectivity index (χ4n) is 2.69. The number of benzene rings is 1. The van der Waals surface area contributed by atoms with E-state index >= 15 is 0 Å². The summed E-state index contributed by atoms with van der Waals surface area (Å²) in [7, 11) is 0. The number of para-hydroxylation sites is 1. The van der Waals surface area contributed by atoms with E-state index in [9.17, 15) is 4.79 Å². The molecular formula is C16H21N5O2. The zero-order valence-electron chi connectivity index (χ0n) is 13.1. The number of rotatable bonds is 5. The van der Waals surface area contributed by atoms with E-state index in [2.05, 4.69) is 20.8 Å². The Morgan fingerprint density at radius 1 is 1.43 bits per heavy atom. The summed E-state index contributed by atoms with van der Waals surface area (Å²) in [5, 5.41) is 13.7. The largest absolute Gasteiger partial charge is 0.376 e. The van der Waals surface area contributed by atoms with Gasteiger partial charge in [-0.2, -0.15) is 0 Å². The number of nitrogens with zero attached hydrogens (tertiary/aromatic N) is 3. The lowest BCUT2D eigenvalue weighted by Crippen LogP contribution is -2.45. The minimum Gasteiger partial charge on any atom is -0.376 e. The van der Waals surface area contributed by atoms with Crippen molar-refractivity contribution in [2.75, 3.05) is 6.61 Å². The predicted molar refractivity (Wildman–Crippen MR) is 85.2 cm³/mol. The van der Waals surface area contributed by atoms with Gasteiger partial charge in [0.1, 0.15) is 6.33 Å². The molecule has 7 nitrogen and oxygen atoms in total. The number of nitrogens with one attached hydrogen (secondary N) is 2. The number of urea groups is 1. The lowest BCUT2D eigenvalue weighted by molar-refractivity contribution is 0.0860. The van der Waals surface area contributed by atoms with Crippen LogP contribution in [0.1, 0.15) is 25.6 Å². The Morgan fingerprint density at radius 3 is 3.00 bits per heavy atom. The number of ether oxygens (including phenoxy) is 1. The van der Waals surface area contributed by atoms with Gasteiger partial charge in [-0.25, -0.2) is 4.79 Å². The molecule has 0 radical (unpaired) electrons. The van der Waals surface area contributed by atoms with Crippen LogP contribution in [0.15, 0.2) is 36.7 Å². The van der Waals surface area contributed by atoms with E-state index in [0.717, 1.165) is 25.1 Å². The van der Waals surface area contributed by atoms with Gasteiger partial charge in [0.15, 0.2) is 5.82 Å². The first-order valence-electron chi connectivity index (χ1n) is 7.84. The third kappa shape index (κ3) is 3.87. The van der Waals surface area contributed by atoms with Gasteiger partial charge in [0.25, 0.3) is 0 Å². The molecule has 0 bridgehead atoms. The standard InChI is InChI=1S/C16H21N5O2/c1-12(14-8-5-9-23-14)19-16(22)17-10-15-20-18-11-21(15)13-6-3-2-4-7-13/h2-4,6-7,11-12,14H,5,8-10H2,1H3,(H2,17,19,22)/t12-,14+/m0/s1. The van der Waals surface area contributed by atoms with Crippen LogP contribution in [0.5, 0.6) is 0 Å². The second kappa shape index (κ2) is 7.23. The van der Waals surface area contributed by atoms with E-state index in [1.807, 2.05) is 41.8 Å². The highest BCUT2D eigenvalue weighted by molar-refractivity contribution is 5.74. The van der Waals surface area contributed by atoms with Crippen LogP contribution >= 0.6 is 0 Å². The molecule has 2 heterocycles. The third-order valence-electron chi connectivity index (χ3n) is 3.94. The highest BCUT2D eigenvalue weighted by Crippen LogP contribution is 2.15. The fraction of sp³-hybridized carbons (Fsp3) is 0.438. The van der Waals surface area contributed by atoms with E-state index < -0.39 is 0 Å². The molecule has 122 valence electrons. The maximum Gasteiger partial charge on any atom is 0.315 e. The molecular weight excluding hydrogens is 294 g/mol. The Morgan fingerprint density at radius 2 is 2.26 bits per heavy atom. The van der Waals surface area contributed by atoms with Gasteiger partial charge >= 0.3 is 6.03 Å². The Hall–Kier alpha value is -2.41. The van der Waals surface area contributed by atoms with Gasteiger partial charge in [-0.15, -0.1) is 10.2 Å². The van der Waals surface area contributed by atoms with Crippen molar-refractivity contribution in [3.63, 3.8) is 0 Å². The molecule has 2 amide bonds. The van der Waals surface area contributed by atoms with Crippen LogP contribution in [0.25, 0.3) is 5.69 Å². The smallest absolute Gasteiger partial charge is 0.315 e. The second-order valence-corrected chi connectivity index (χ2v) is 5.62. The Balaban J connectivity index is 1.54. The normalized spacial score (nSPS) is 18.6. The van der Waals surface area contributed by atoms with Gasteiger partial charge in [0, 0.05) is 12.3 Å². The number of hydrogen-bond acceptors (Lipinski definition) is 4. The molecule has 23 heavy (non-hydrogen) atoms. The molecule has 3 rings (SSSR count). The van der Waals surface area contributed by atoms with Gasteiger partial charge in [-0.1, -0.05) is 18.2 Å². The summed E-state index contributed by atoms with van der Waals surface area (Å²) in [5.74, 6) is 0.677. The van der Waals surface area contributed by atoms with Crippen molar-refractivity contribution in [2.24, 2.45) is 0 Å². The average Bonchev–Trinajstić information content (AvgIpc) is 3.25. The zero-order chi connectivity index (χ0) is 16.1. The molecule has 1 aliphatic rings. The van der Waals surface area contributed by atoms with Crippen molar-refractivity contribution in [2.45, 2.75) is 38.5 Å². The highest BCUT2D eigenvalue weighted by atomic mass is 16.5. The van der Waals surface area contributed by atoms with Crippen LogP contribution in [0.2, 0.25) is 0 Å². The van der Waals surface area contributed by atoms with Crippen LogP contribution in [0, 0.1) is 0 Å². The Bertz CT molecular complexity index is 637. The molecule has 7 heteroatoms. The topological polar surface area (TPSA) is 81.1 Å². The van der Waals surface area contributed by atoms with E-state index in [1.54, 1.807) is 6.33 Å². The van der Waals surface area contributed by atoms with Gasteiger partial charge in [0.05, 0.1) is 18.7 Å². The maximum atomic E-state index is 12.0. The van der Waals surface area contributed by atoms with E-state index in [4.69, 9.17) is 4.74 Å². The van der Waals surface area contributed by atoms with Crippen LogP contribution in [-0.2, 0) is 11.3 Å². The Kier molecular flexibility index (Phi) is 4.87. The SMILES string of the molecule is C[C@H](NC(=O)NCc1nncn1-c1ccccc1)[C@H]1CCCO1. The zero-order valence-corrected chi connectivity index (χ0v) is 13.1. The number of amides is 2. The minimum absolute atomic E-state index is 0.00973. The predicted octanol–water partition coefficient (Wildman–Crippen LogP) is 1.63. The van der Waals surface area contributed by atoms with Crippen LogP contribution in [-0.4, -0.2) is 39.5 Å². The third-order valence-corrected chi connectivity index (χ3v) is 3.94. The summed E-state index contributed by atoms with van der Waals surface area (Å²) < 4.78 is 7.42. The number of carbonyl (C=O) groups excluding carboxylic acids is 1. The summed E-state index contributed by atoms with van der Waals surface area (Å²) in [6, 6.07) is 9.54. The monoisotopic (exact) mass is 315 g/mol. The van der Waals surface area contributed by atoms with Crippen molar-refractivity contribution >= 4 is 6.03 Å². The van der Waals surface area contributed by atoms with E-state index in [1.165, 1.54) is 0 Å². The average molecular weight is 315 g/mol. The van der Waals surface area contributed by atoms with Crippen LogP contribution < -0.4 is 10.6 Å². The molecule has 0 aliphatic carbocycles. The van der Waals surface area contributed by atoms with Crippen LogP contribution in [0.4, 0.5) is 4.79 Å². The molecule has 1 aromatic carbocycles. The summed E-state index contributed by atoms with van der Waals surface area (Å²) in [4.78, 5) is 12.0. The molecule has 2 atom stereocenters. The lowest BCUT2D eigenvalue weighted by atomic mass is 10.1. The van der Waals surface area contributed by atoms with E-state index in [0.29, 0.717) is 12.4 Å².